The van der Waals surface area contributed by atoms with E-state index in [9.17, 15) is 9.59 Å². The fourth-order valence-corrected chi connectivity index (χ4v) is 2.23. The van der Waals surface area contributed by atoms with E-state index in [2.05, 4.69) is 15.0 Å². The van der Waals surface area contributed by atoms with Crippen LogP contribution in [-0.4, -0.2) is 28.4 Å². The van der Waals surface area contributed by atoms with Crippen LogP contribution in [0.5, 0.6) is 0 Å². The van der Waals surface area contributed by atoms with Crippen LogP contribution >= 0.6 is 0 Å². The van der Waals surface area contributed by atoms with Gasteiger partial charge < -0.3 is 14.5 Å². The third kappa shape index (κ3) is 3.21. The molecular formula is C17H15N3O3. The van der Waals surface area contributed by atoms with Crippen molar-refractivity contribution < 1.29 is 14.3 Å². The van der Waals surface area contributed by atoms with Gasteiger partial charge in [0, 0.05) is 30.7 Å². The molecule has 6 nitrogen and oxygen atoms in total. The van der Waals surface area contributed by atoms with Crippen LogP contribution in [0, 0.1) is 0 Å². The van der Waals surface area contributed by atoms with Crippen molar-refractivity contribution in [3.8, 4) is 0 Å². The average Bonchev–Trinajstić information content (AvgIpc) is 3.06. The van der Waals surface area contributed by atoms with Crippen molar-refractivity contribution in [2.45, 2.75) is 6.54 Å². The lowest BCUT2D eigenvalue weighted by Crippen LogP contribution is -2.23. The van der Waals surface area contributed by atoms with Crippen LogP contribution in [0.15, 0.2) is 55.0 Å². The topological polar surface area (TPSA) is 72.7 Å². The first-order valence-corrected chi connectivity index (χ1v) is 7.05. The molecule has 0 unspecified atom stereocenters. The Morgan fingerprint density at radius 2 is 1.87 bits per heavy atom. The highest BCUT2D eigenvalue weighted by Gasteiger charge is 2.09. The molecule has 116 valence electrons. The summed E-state index contributed by atoms with van der Waals surface area (Å²) >= 11 is 0. The second-order valence-electron chi connectivity index (χ2n) is 4.98. The molecule has 0 atom stereocenters. The number of esters is 1. The van der Waals surface area contributed by atoms with Gasteiger partial charge in [-0.3, -0.25) is 4.79 Å². The number of pyridine rings is 1. The van der Waals surface area contributed by atoms with E-state index in [0.29, 0.717) is 17.7 Å². The minimum atomic E-state index is -0.425. The summed E-state index contributed by atoms with van der Waals surface area (Å²) in [5.74, 6) is -0.627. The van der Waals surface area contributed by atoms with Gasteiger partial charge in [-0.25, -0.2) is 9.78 Å². The zero-order valence-corrected chi connectivity index (χ0v) is 12.5. The molecule has 2 aromatic heterocycles. The van der Waals surface area contributed by atoms with Crippen molar-refractivity contribution in [2.24, 2.45) is 0 Å². The Hall–Kier alpha value is -3.15. The van der Waals surface area contributed by atoms with E-state index in [-0.39, 0.29) is 5.91 Å². The fraction of sp³-hybridized carbons (Fsp3) is 0.118. The van der Waals surface area contributed by atoms with Gasteiger partial charge in [0.05, 0.1) is 12.7 Å². The van der Waals surface area contributed by atoms with Gasteiger partial charge in [-0.1, -0.05) is 6.07 Å². The molecule has 23 heavy (non-hydrogen) atoms. The van der Waals surface area contributed by atoms with Crippen molar-refractivity contribution in [1.82, 2.24) is 14.7 Å². The molecule has 0 fully saturated rings. The van der Waals surface area contributed by atoms with Crippen LogP contribution in [0.2, 0.25) is 0 Å². The fourth-order valence-electron chi connectivity index (χ4n) is 2.23. The van der Waals surface area contributed by atoms with E-state index in [1.54, 1.807) is 30.5 Å². The van der Waals surface area contributed by atoms with Gasteiger partial charge in [-0.2, -0.15) is 0 Å². The number of methoxy groups -OCH3 is 1. The molecule has 0 bridgehead atoms. The van der Waals surface area contributed by atoms with Gasteiger partial charge in [-0.15, -0.1) is 0 Å². The molecule has 0 aliphatic rings. The van der Waals surface area contributed by atoms with Crippen LogP contribution in [-0.2, 0) is 11.3 Å². The lowest BCUT2D eigenvalue weighted by molar-refractivity contribution is 0.0600. The summed E-state index contributed by atoms with van der Waals surface area (Å²) in [5.41, 5.74) is 2.73. The third-order valence-corrected chi connectivity index (χ3v) is 3.47. The summed E-state index contributed by atoms with van der Waals surface area (Å²) in [6.07, 6.45) is 5.50. The molecule has 1 N–H and O–H groups in total. The second-order valence-corrected chi connectivity index (χ2v) is 4.98. The first kappa shape index (κ1) is 14.8. The van der Waals surface area contributed by atoms with Gasteiger partial charge in [0.2, 0.25) is 0 Å². The quantitative estimate of drug-likeness (QED) is 0.749. The predicted octanol–water partition coefficient (Wildman–Crippen LogP) is 2.05. The summed E-state index contributed by atoms with van der Waals surface area (Å²) in [5, 5.41) is 2.85. The van der Waals surface area contributed by atoms with Crippen molar-refractivity contribution in [1.29, 1.82) is 0 Å². The number of nitrogens with zero attached hydrogens (tertiary/aromatic N) is 2. The molecule has 0 saturated carbocycles. The highest BCUT2D eigenvalue weighted by molar-refractivity contribution is 5.96. The largest absolute Gasteiger partial charge is 0.465 e. The Bertz CT molecular complexity index is 853. The molecule has 0 spiro atoms. The summed E-state index contributed by atoms with van der Waals surface area (Å²) in [6.45, 7) is 0.408. The molecule has 0 radical (unpaired) electrons. The van der Waals surface area contributed by atoms with E-state index >= 15 is 0 Å². The van der Waals surface area contributed by atoms with Gasteiger partial charge in [0.25, 0.3) is 5.91 Å². The summed E-state index contributed by atoms with van der Waals surface area (Å²) in [4.78, 5) is 27.7. The lowest BCUT2D eigenvalue weighted by Gasteiger charge is -2.07. The Balaban J connectivity index is 1.65. The first-order valence-electron chi connectivity index (χ1n) is 7.05. The zero-order chi connectivity index (χ0) is 16.2. The van der Waals surface area contributed by atoms with E-state index in [1.807, 2.05) is 28.9 Å². The molecule has 0 saturated heterocycles. The molecule has 1 aromatic carbocycles. The van der Waals surface area contributed by atoms with Crippen LogP contribution < -0.4 is 5.32 Å². The summed E-state index contributed by atoms with van der Waals surface area (Å²) in [6, 6.07) is 10.1. The maximum Gasteiger partial charge on any atom is 0.337 e. The normalized spacial score (nSPS) is 10.5. The molecule has 0 aliphatic carbocycles. The van der Waals surface area contributed by atoms with Gasteiger partial charge in [0.15, 0.2) is 0 Å². The maximum absolute atomic E-state index is 12.1. The van der Waals surface area contributed by atoms with E-state index in [1.165, 1.54) is 7.11 Å². The number of carbonyl (C=O) groups is 2. The predicted molar refractivity (Wildman–Crippen MR) is 84.1 cm³/mol. The number of carbonyl (C=O) groups excluding carboxylic acids is 2. The van der Waals surface area contributed by atoms with E-state index < -0.39 is 5.97 Å². The number of amides is 1. The summed E-state index contributed by atoms with van der Waals surface area (Å²) < 4.78 is 6.52. The number of ether oxygens (including phenoxy) is 1. The molecule has 2 heterocycles. The van der Waals surface area contributed by atoms with Gasteiger partial charge in [-0.05, 0) is 35.9 Å². The number of rotatable bonds is 4. The van der Waals surface area contributed by atoms with Crippen molar-refractivity contribution in [3.05, 3.63) is 71.7 Å². The number of aromatic nitrogens is 2. The summed E-state index contributed by atoms with van der Waals surface area (Å²) in [7, 11) is 1.32. The SMILES string of the molecule is COC(=O)c1ccc(C(=O)NCc2ccc3nccn3c2)cc1. The number of fused-ring (bicyclic) bond motifs is 1. The Kier molecular flexibility index (Phi) is 4.05. The van der Waals surface area contributed by atoms with Gasteiger partial charge in [0.1, 0.15) is 5.65 Å². The number of benzene rings is 1. The monoisotopic (exact) mass is 309 g/mol. The Labute approximate surface area is 132 Å². The van der Waals surface area contributed by atoms with E-state index in [0.717, 1.165) is 11.2 Å². The van der Waals surface area contributed by atoms with Crippen LogP contribution in [0.4, 0.5) is 0 Å². The molecule has 6 heteroatoms. The Morgan fingerprint density at radius 3 is 2.61 bits per heavy atom. The Morgan fingerprint density at radius 1 is 1.13 bits per heavy atom. The molecular weight excluding hydrogens is 294 g/mol. The third-order valence-electron chi connectivity index (χ3n) is 3.47. The minimum Gasteiger partial charge on any atom is -0.465 e. The van der Waals surface area contributed by atoms with Crippen LogP contribution in [0.25, 0.3) is 5.65 Å². The molecule has 3 rings (SSSR count). The standard InChI is InChI=1S/C17H15N3O3/c1-23-17(22)14-5-3-13(4-6-14)16(21)19-10-12-2-7-15-18-8-9-20(15)11-12/h2-9,11H,10H2,1H3,(H,19,21). The first-order chi connectivity index (χ1) is 11.2. The highest BCUT2D eigenvalue weighted by atomic mass is 16.5. The van der Waals surface area contributed by atoms with Crippen LogP contribution in [0.1, 0.15) is 26.3 Å². The average molecular weight is 309 g/mol. The second kappa shape index (κ2) is 6.31. The lowest BCUT2D eigenvalue weighted by atomic mass is 10.1. The number of imidazole rings is 1. The smallest absolute Gasteiger partial charge is 0.337 e. The van der Waals surface area contributed by atoms with Crippen molar-refractivity contribution in [2.75, 3.05) is 7.11 Å². The molecule has 3 aromatic rings. The minimum absolute atomic E-state index is 0.202. The van der Waals surface area contributed by atoms with Crippen molar-refractivity contribution in [3.63, 3.8) is 0 Å². The van der Waals surface area contributed by atoms with Crippen LogP contribution in [0.3, 0.4) is 0 Å². The maximum atomic E-state index is 12.1. The molecule has 0 aliphatic heterocycles. The number of nitrogens with one attached hydrogen (secondary N) is 1. The molecule has 1 amide bonds. The van der Waals surface area contributed by atoms with Crippen molar-refractivity contribution >= 4 is 17.5 Å². The highest BCUT2D eigenvalue weighted by Crippen LogP contribution is 2.07. The van der Waals surface area contributed by atoms with Gasteiger partial charge >= 0.3 is 5.97 Å². The van der Waals surface area contributed by atoms with E-state index in [4.69, 9.17) is 0 Å². The number of hydrogen-bond acceptors (Lipinski definition) is 4. The zero-order valence-electron chi connectivity index (χ0n) is 12.5. The number of hydrogen-bond donors (Lipinski definition) is 1.